The third-order valence-electron chi connectivity index (χ3n) is 14.4. The van der Waals surface area contributed by atoms with Crippen LogP contribution in [0.4, 0.5) is 0 Å². The summed E-state index contributed by atoms with van der Waals surface area (Å²) in [6.45, 7) is 6.46. The highest BCUT2D eigenvalue weighted by Gasteiger charge is 2.19. The van der Waals surface area contributed by atoms with Crippen molar-refractivity contribution in [2.24, 2.45) is 0 Å². The zero-order valence-electron chi connectivity index (χ0n) is 53.0. The van der Waals surface area contributed by atoms with E-state index in [1.54, 1.807) is 0 Å². The number of allylic oxidation sites excluding steroid dienone is 20. The summed E-state index contributed by atoms with van der Waals surface area (Å²) in [5.41, 5.74) is 0. The SMILES string of the molecule is CC/C=C\C/C=C\C/C=C\C/C=C\C/C=C\C/C=C\C/C=C\CCCCCCCC(=O)OCC(COC(=O)CCCCCCC/C=C\C/C=C\CCC)OC(=O)CCCCCCCCCCCCC/C=C\CCCCCCCCCC. The van der Waals surface area contributed by atoms with Crippen molar-refractivity contribution in [1.82, 2.24) is 0 Å². The molecule has 0 saturated carbocycles. The molecule has 6 nitrogen and oxygen atoms in total. The number of carbonyl (C=O) groups is 3. The van der Waals surface area contributed by atoms with Crippen molar-refractivity contribution in [2.75, 3.05) is 13.2 Å². The molecular formula is C75H126O6. The summed E-state index contributed by atoms with van der Waals surface area (Å²) in [5.74, 6) is -0.919. The van der Waals surface area contributed by atoms with Gasteiger partial charge in [0.05, 0.1) is 0 Å². The van der Waals surface area contributed by atoms with Crippen molar-refractivity contribution in [3.8, 4) is 0 Å². The molecule has 0 aliphatic heterocycles. The highest BCUT2D eigenvalue weighted by molar-refractivity contribution is 5.71. The normalized spacial score (nSPS) is 12.9. The Hall–Kier alpha value is -4.19. The van der Waals surface area contributed by atoms with Gasteiger partial charge < -0.3 is 14.2 Å². The van der Waals surface area contributed by atoms with Crippen LogP contribution in [0.3, 0.4) is 0 Å². The smallest absolute Gasteiger partial charge is 0.306 e. The number of hydrogen-bond donors (Lipinski definition) is 0. The summed E-state index contributed by atoms with van der Waals surface area (Å²) in [7, 11) is 0. The minimum absolute atomic E-state index is 0.0931. The van der Waals surface area contributed by atoms with Crippen LogP contribution in [0, 0.1) is 0 Å². The molecule has 1 atom stereocenters. The second-order valence-corrected chi connectivity index (χ2v) is 22.3. The molecule has 0 aliphatic rings. The first-order chi connectivity index (χ1) is 40.0. The molecule has 81 heavy (non-hydrogen) atoms. The Morgan fingerprint density at radius 3 is 0.815 bits per heavy atom. The molecule has 0 amide bonds. The van der Waals surface area contributed by atoms with Gasteiger partial charge in [0, 0.05) is 19.3 Å². The van der Waals surface area contributed by atoms with E-state index in [-0.39, 0.29) is 31.1 Å². The lowest BCUT2D eigenvalue weighted by Crippen LogP contribution is -2.30. The number of ether oxygens (including phenoxy) is 3. The van der Waals surface area contributed by atoms with Gasteiger partial charge in [-0.05, 0) is 128 Å². The largest absolute Gasteiger partial charge is 0.462 e. The van der Waals surface area contributed by atoms with Crippen molar-refractivity contribution < 1.29 is 28.6 Å². The van der Waals surface area contributed by atoms with Crippen molar-refractivity contribution in [1.29, 1.82) is 0 Å². The second-order valence-electron chi connectivity index (χ2n) is 22.3. The molecule has 0 fully saturated rings. The van der Waals surface area contributed by atoms with Gasteiger partial charge in [-0.3, -0.25) is 14.4 Å². The van der Waals surface area contributed by atoms with Crippen LogP contribution in [0.5, 0.6) is 0 Å². The summed E-state index contributed by atoms with van der Waals surface area (Å²) < 4.78 is 16.9. The van der Waals surface area contributed by atoms with Crippen LogP contribution in [-0.2, 0) is 28.6 Å². The molecule has 0 rings (SSSR count). The first kappa shape index (κ1) is 76.8. The molecule has 0 aromatic heterocycles. The minimum Gasteiger partial charge on any atom is -0.462 e. The fourth-order valence-electron chi connectivity index (χ4n) is 9.34. The molecule has 0 aromatic rings. The molecule has 0 saturated heterocycles. The first-order valence-electron chi connectivity index (χ1n) is 34.0. The van der Waals surface area contributed by atoms with Crippen LogP contribution in [0.25, 0.3) is 0 Å². The third-order valence-corrected chi connectivity index (χ3v) is 14.4. The topological polar surface area (TPSA) is 78.9 Å². The van der Waals surface area contributed by atoms with Gasteiger partial charge in [0.15, 0.2) is 6.10 Å². The minimum atomic E-state index is -0.797. The number of rotatable bonds is 61. The lowest BCUT2D eigenvalue weighted by molar-refractivity contribution is -0.167. The van der Waals surface area contributed by atoms with E-state index in [0.717, 1.165) is 154 Å². The Kier molecular flexibility index (Phi) is 64.8. The summed E-state index contributed by atoms with van der Waals surface area (Å²) in [6, 6.07) is 0. The first-order valence-corrected chi connectivity index (χ1v) is 34.0. The zero-order valence-corrected chi connectivity index (χ0v) is 53.0. The van der Waals surface area contributed by atoms with E-state index in [2.05, 4.69) is 142 Å². The van der Waals surface area contributed by atoms with E-state index in [1.807, 2.05) is 0 Å². The Bertz CT molecular complexity index is 1670. The van der Waals surface area contributed by atoms with Gasteiger partial charge in [-0.2, -0.15) is 0 Å². The summed E-state index contributed by atoms with van der Waals surface area (Å²) in [6.07, 6.45) is 95.0. The van der Waals surface area contributed by atoms with E-state index in [4.69, 9.17) is 14.2 Å². The van der Waals surface area contributed by atoms with E-state index < -0.39 is 6.10 Å². The molecule has 0 aliphatic carbocycles. The maximum atomic E-state index is 12.9. The van der Waals surface area contributed by atoms with Gasteiger partial charge in [-0.1, -0.05) is 290 Å². The third kappa shape index (κ3) is 66.5. The van der Waals surface area contributed by atoms with Crippen LogP contribution >= 0.6 is 0 Å². The van der Waals surface area contributed by atoms with Crippen LogP contribution in [0.2, 0.25) is 0 Å². The van der Waals surface area contributed by atoms with Crippen molar-refractivity contribution in [3.63, 3.8) is 0 Å². The Labute approximate surface area is 501 Å². The monoisotopic (exact) mass is 1120 g/mol. The molecule has 0 spiro atoms. The van der Waals surface area contributed by atoms with Gasteiger partial charge in [0.2, 0.25) is 0 Å². The summed E-state index contributed by atoms with van der Waals surface area (Å²) >= 11 is 0. The fraction of sp³-hybridized carbons (Fsp3) is 0.693. The quantitative estimate of drug-likeness (QED) is 0.0261. The molecule has 0 radical (unpaired) electrons. The average molecular weight is 1120 g/mol. The van der Waals surface area contributed by atoms with Gasteiger partial charge >= 0.3 is 17.9 Å². The van der Waals surface area contributed by atoms with Gasteiger partial charge in [0.1, 0.15) is 13.2 Å². The standard InChI is InChI=1S/C75H126O6/c1-4-7-10-13-16-19-22-25-27-29-31-33-35-36-37-38-40-41-43-45-47-50-53-56-59-62-65-68-74(77)80-71-72(70-79-73(76)67-64-61-58-55-52-49-24-21-18-15-12-9-6-3)81-75(78)69-66-63-60-57-54-51-48-46-44-42-39-34-32-30-28-26-23-20-17-14-11-8-5-2/h7,10,12,15-16,19,21,24-25,27,30-33,36-37,40-41,45,47,72H,4-6,8-9,11,13-14,17-18,20,22-23,26,28-29,34-35,38-39,42-44,46,48-71H2,1-3H3/b10-7-,15-12-,19-16-,24-21-,27-25-,32-30-,33-31-,37-36-,41-40-,47-45-. The Balaban J connectivity index is 4.37. The number of carbonyl (C=O) groups excluding carboxylic acids is 3. The van der Waals surface area contributed by atoms with Crippen molar-refractivity contribution in [3.05, 3.63) is 122 Å². The van der Waals surface area contributed by atoms with Crippen molar-refractivity contribution >= 4 is 17.9 Å². The highest BCUT2D eigenvalue weighted by atomic mass is 16.6. The lowest BCUT2D eigenvalue weighted by atomic mass is 10.0. The predicted octanol–water partition coefficient (Wildman–Crippen LogP) is 23.6. The highest BCUT2D eigenvalue weighted by Crippen LogP contribution is 2.16. The average Bonchev–Trinajstić information content (AvgIpc) is 3.46. The second kappa shape index (κ2) is 68.3. The van der Waals surface area contributed by atoms with Crippen LogP contribution in [-0.4, -0.2) is 37.2 Å². The number of hydrogen-bond acceptors (Lipinski definition) is 6. The molecule has 0 N–H and O–H groups in total. The predicted molar refractivity (Wildman–Crippen MR) is 353 cm³/mol. The molecular weight excluding hydrogens is 997 g/mol. The van der Waals surface area contributed by atoms with Gasteiger partial charge in [-0.15, -0.1) is 0 Å². The van der Waals surface area contributed by atoms with Crippen LogP contribution in [0.15, 0.2) is 122 Å². The lowest BCUT2D eigenvalue weighted by Gasteiger charge is -2.18. The van der Waals surface area contributed by atoms with E-state index >= 15 is 0 Å². The molecule has 462 valence electrons. The van der Waals surface area contributed by atoms with Crippen LogP contribution < -0.4 is 0 Å². The summed E-state index contributed by atoms with van der Waals surface area (Å²) in [5, 5.41) is 0. The number of esters is 3. The van der Waals surface area contributed by atoms with E-state index in [1.165, 1.54) is 122 Å². The Morgan fingerprint density at radius 1 is 0.259 bits per heavy atom. The maximum Gasteiger partial charge on any atom is 0.306 e. The Morgan fingerprint density at radius 2 is 0.506 bits per heavy atom. The zero-order chi connectivity index (χ0) is 58.5. The van der Waals surface area contributed by atoms with E-state index in [0.29, 0.717) is 19.3 Å². The van der Waals surface area contributed by atoms with Gasteiger partial charge in [-0.25, -0.2) is 0 Å². The molecule has 0 heterocycles. The summed E-state index contributed by atoms with van der Waals surface area (Å²) in [4.78, 5) is 38.4. The van der Waals surface area contributed by atoms with Crippen LogP contribution in [0.1, 0.15) is 316 Å². The molecule has 0 aromatic carbocycles. The van der Waals surface area contributed by atoms with E-state index in [9.17, 15) is 14.4 Å². The molecule has 0 bridgehead atoms. The molecule has 6 heteroatoms. The van der Waals surface area contributed by atoms with Crippen molar-refractivity contribution in [2.45, 2.75) is 322 Å². The maximum absolute atomic E-state index is 12.9. The molecule has 1 unspecified atom stereocenters. The number of unbranched alkanes of at least 4 members (excludes halogenated alkanes) is 30. The van der Waals surface area contributed by atoms with Gasteiger partial charge in [0.25, 0.3) is 0 Å². The fourth-order valence-corrected chi connectivity index (χ4v) is 9.34.